The monoisotopic (exact) mass is 285 g/mol. The van der Waals surface area contributed by atoms with Gasteiger partial charge in [-0.2, -0.15) is 0 Å². The molecule has 19 heavy (non-hydrogen) atoms. The van der Waals surface area contributed by atoms with Gasteiger partial charge in [0.1, 0.15) is 11.9 Å². The van der Waals surface area contributed by atoms with E-state index in [4.69, 9.17) is 26.2 Å². The Hall–Kier alpha value is -0.810. The van der Waals surface area contributed by atoms with Gasteiger partial charge in [0.15, 0.2) is 0 Å². The second-order valence-corrected chi connectivity index (χ2v) is 5.14. The fraction of sp³-hybridized carbons (Fsp3) is 0.571. The highest BCUT2D eigenvalue weighted by Gasteiger charge is 2.17. The molecule has 0 radical (unpaired) electrons. The number of halogens is 1. The molecule has 1 heterocycles. The lowest BCUT2D eigenvalue weighted by atomic mass is 10.1. The molecule has 1 aliphatic rings. The van der Waals surface area contributed by atoms with Crippen molar-refractivity contribution in [2.75, 3.05) is 26.4 Å². The van der Waals surface area contributed by atoms with Crippen LogP contribution in [0, 0.1) is 0 Å². The van der Waals surface area contributed by atoms with Gasteiger partial charge in [-0.1, -0.05) is 17.7 Å². The highest BCUT2D eigenvalue weighted by atomic mass is 35.5. The molecule has 1 saturated heterocycles. The van der Waals surface area contributed by atoms with E-state index in [9.17, 15) is 0 Å². The van der Waals surface area contributed by atoms with Crippen molar-refractivity contribution in [3.8, 4) is 5.75 Å². The van der Waals surface area contributed by atoms with Gasteiger partial charge >= 0.3 is 0 Å². The first-order valence-electron chi connectivity index (χ1n) is 6.59. The van der Waals surface area contributed by atoms with Gasteiger partial charge in [0.05, 0.1) is 19.3 Å². The maximum atomic E-state index is 8.97. The van der Waals surface area contributed by atoms with E-state index in [0.29, 0.717) is 17.4 Å². The van der Waals surface area contributed by atoms with Crippen LogP contribution in [-0.4, -0.2) is 37.6 Å². The average Bonchev–Trinajstić information content (AvgIpc) is 2.67. The number of hydrogen-bond acceptors (Lipinski definition) is 4. The minimum absolute atomic E-state index is 0.0165. The first-order chi connectivity index (χ1) is 9.20. The predicted molar refractivity (Wildman–Crippen MR) is 74.8 cm³/mol. The summed E-state index contributed by atoms with van der Waals surface area (Å²) in [7, 11) is 0. The van der Waals surface area contributed by atoms with Crippen LogP contribution < -0.4 is 10.1 Å². The number of benzene rings is 1. The fourth-order valence-electron chi connectivity index (χ4n) is 2.04. The molecule has 0 amide bonds. The van der Waals surface area contributed by atoms with Crippen molar-refractivity contribution < 1.29 is 14.6 Å². The molecule has 0 spiro atoms. The van der Waals surface area contributed by atoms with Crippen molar-refractivity contribution in [3.05, 3.63) is 28.8 Å². The Morgan fingerprint density at radius 2 is 2.42 bits per heavy atom. The number of hydrogen-bond donors (Lipinski definition) is 2. The molecule has 4 nitrogen and oxygen atoms in total. The second kappa shape index (κ2) is 7.10. The van der Waals surface area contributed by atoms with Crippen LogP contribution in [0.15, 0.2) is 18.2 Å². The molecule has 0 saturated carbocycles. The van der Waals surface area contributed by atoms with Crippen LogP contribution in [0.25, 0.3) is 0 Å². The summed E-state index contributed by atoms with van der Waals surface area (Å²) in [6.45, 7) is 4.14. The van der Waals surface area contributed by atoms with Crippen molar-refractivity contribution >= 4 is 11.6 Å². The van der Waals surface area contributed by atoms with Crippen molar-refractivity contribution in [2.24, 2.45) is 0 Å². The molecule has 0 aliphatic carbocycles. The van der Waals surface area contributed by atoms with E-state index < -0.39 is 0 Å². The van der Waals surface area contributed by atoms with Crippen LogP contribution in [0.1, 0.15) is 24.9 Å². The molecule has 2 N–H and O–H groups in total. The van der Waals surface area contributed by atoms with E-state index in [0.717, 1.165) is 25.1 Å². The van der Waals surface area contributed by atoms with Crippen LogP contribution in [0.3, 0.4) is 0 Å². The van der Waals surface area contributed by atoms with E-state index in [-0.39, 0.29) is 18.8 Å². The molecule has 106 valence electrons. The topological polar surface area (TPSA) is 50.7 Å². The number of nitrogens with one attached hydrogen (secondary N) is 1. The Bertz CT molecular complexity index is 406. The third kappa shape index (κ3) is 4.08. The van der Waals surface area contributed by atoms with Crippen LogP contribution in [0.2, 0.25) is 5.02 Å². The van der Waals surface area contributed by atoms with Gasteiger partial charge in [0.2, 0.25) is 0 Å². The summed E-state index contributed by atoms with van der Waals surface area (Å²) in [4.78, 5) is 0. The summed E-state index contributed by atoms with van der Waals surface area (Å²) in [5.41, 5.74) is 1.02. The van der Waals surface area contributed by atoms with Crippen molar-refractivity contribution in [1.82, 2.24) is 5.32 Å². The zero-order valence-corrected chi connectivity index (χ0v) is 11.8. The quantitative estimate of drug-likeness (QED) is 0.890. The van der Waals surface area contributed by atoms with Gasteiger partial charge in [-0.3, -0.25) is 0 Å². The van der Waals surface area contributed by atoms with E-state index in [1.165, 1.54) is 0 Å². The van der Waals surface area contributed by atoms with Gasteiger partial charge in [-0.15, -0.1) is 0 Å². The van der Waals surface area contributed by atoms with Gasteiger partial charge in [0.25, 0.3) is 0 Å². The summed E-state index contributed by atoms with van der Waals surface area (Å²) in [6, 6.07) is 5.74. The third-order valence-corrected chi connectivity index (χ3v) is 3.41. The van der Waals surface area contributed by atoms with Gasteiger partial charge in [0, 0.05) is 11.6 Å². The highest BCUT2D eigenvalue weighted by Crippen LogP contribution is 2.28. The maximum Gasteiger partial charge on any atom is 0.121 e. The molecule has 2 unspecified atom stereocenters. The summed E-state index contributed by atoms with van der Waals surface area (Å²) >= 11 is 6.30. The molecule has 1 aromatic carbocycles. The molecule has 2 rings (SSSR count). The Morgan fingerprint density at radius 1 is 1.58 bits per heavy atom. The smallest absolute Gasteiger partial charge is 0.121 e. The molecular weight excluding hydrogens is 266 g/mol. The first kappa shape index (κ1) is 14.6. The Morgan fingerprint density at radius 3 is 3.16 bits per heavy atom. The minimum Gasteiger partial charge on any atom is -0.488 e. The normalized spacial score (nSPS) is 21.7. The zero-order valence-electron chi connectivity index (χ0n) is 11.1. The van der Waals surface area contributed by atoms with Gasteiger partial charge in [-0.05, 0) is 37.6 Å². The molecule has 1 aromatic rings. The number of aliphatic hydroxyl groups is 1. The predicted octanol–water partition coefficient (Wildman–Crippen LogP) is 2.15. The molecule has 1 fully saturated rings. The summed E-state index contributed by atoms with van der Waals surface area (Å²) < 4.78 is 11.1. The highest BCUT2D eigenvalue weighted by molar-refractivity contribution is 6.31. The summed E-state index contributed by atoms with van der Waals surface area (Å²) in [5, 5.41) is 13.0. The molecule has 1 aliphatic heterocycles. The fourth-order valence-corrected chi connectivity index (χ4v) is 2.35. The van der Waals surface area contributed by atoms with E-state index in [2.05, 4.69) is 5.32 Å². The lowest BCUT2D eigenvalue weighted by Crippen LogP contribution is -2.23. The van der Waals surface area contributed by atoms with Crippen molar-refractivity contribution in [3.63, 3.8) is 0 Å². The molecule has 0 bridgehead atoms. The van der Waals surface area contributed by atoms with E-state index >= 15 is 0 Å². The number of ether oxygens (including phenoxy) is 2. The molecule has 2 atom stereocenters. The number of aliphatic hydroxyl groups excluding tert-OH is 1. The zero-order chi connectivity index (χ0) is 13.7. The van der Waals surface area contributed by atoms with Gasteiger partial charge in [-0.25, -0.2) is 0 Å². The molecule has 5 heteroatoms. The standard InChI is InChI=1S/C14H20ClNO3/c1-10(8-17)19-11-3-4-12(13(15)7-11)14-9-18-6-2-5-16-14/h3-4,7,10,14,16-17H,2,5-6,8-9H2,1H3. The minimum atomic E-state index is -0.235. The summed E-state index contributed by atoms with van der Waals surface area (Å²) in [5.74, 6) is 0.671. The average molecular weight is 286 g/mol. The van der Waals surface area contributed by atoms with Crippen LogP contribution >= 0.6 is 11.6 Å². The van der Waals surface area contributed by atoms with Crippen LogP contribution in [0.5, 0.6) is 5.75 Å². The lowest BCUT2D eigenvalue weighted by Gasteiger charge is -2.19. The van der Waals surface area contributed by atoms with Crippen molar-refractivity contribution in [2.45, 2.75) is 25.5 Å². The van der Waals surface area contributed by atoms with E-state index in [1.54, 1.807) is 6.07 Å². The van der Waals surface area contributed by atoms with Gasteiger partial charge < -0.3 is 19.9 Å². The maximum absolute atomic E-state index is 8.97. The Labute approximate surface area is 118 Å². The largest absolute Gasteiger partial charge is 0.488 e. The molecule has 0 aromatic heterocycles. The van der Waals surface area contributed by atoms with Crippen molar-refractivity contribution in [1.29, 1.82) is 0 Å². The Kier molecular flexibility index (Phi) is 5.45. The Balaban J connectivity index is 2.09. The second-order valence-electron chi connectivity index (χ2n) is 4.73. The lowest BCUT2D eigenvalue weighted by molar-refractivity contribution is 0.129. The summed E-state index contributed by atoms with van der Waals surface area (Å²) in [6.07, 6.45) is 0.782. The first-order valence-corrected chi connectivity index (χ1v) is 6.96. The SMILES string of the molecule is CC(CO)Oc1ccc(C2COCCCN2)c(Cl)c1. The third-order valence-electron chi connectivity index (χ3n) is 3.08. The molecular formula is C14H20ClNO3. The van der Waals surface area contributed by atoms with E-state index in [1.807, 2.05) is 19.1 Å². The number of rotatable bonds is 4. The van der Waals surface area contributed by atoms with Crippen LogP contribution in [-0.2, 0) is 4.74 Å². The van der Waals surface area contributed by atoms with Crippen LogP contribution in [0.4, 0.5) is 0 Å².